The van der Waals surface area contributed by atoms with Crippen molar-refractivity contribution in [1.82, 2.24) is 29.2 Å². The van der Waals surface area contributed by atoms with Gasteiger partial charge in [0.15, 0.2) is 11.4 Å². The van der Waals surface area contributed by atoms with Crippen LogP contribution in [0.25, 0.3) is 33.1 Å². The molecule has 2 N–H and O–H groups in total. The first-order chi connectivity index (χ1) is 24.3. The molecule has 0 atom stereocenters. The Hall–Kier alpha value is -5.18. The molecule has 264 valence electrons. The molecular weight excluding hydrogens is 719 g/mol. The lowest BCUT2D eigenvalue weighted by atomic mass is 10.0. The smallest absolute Gasteiger partial charge is 0.407 e. The lowest BCUT2D eigenvalue weighted by Crippen LogP contribution is -2.32. The maximum Gasteiger partial charge on any atom is 0.407 e. The summed E-state index contributed by atoms with van der Waals surface area (Å²) in [6.07, 6.45) is 4.02. The minimum Gasteiger partial charge on any atom is -0.488 e. The number of hydrogen-bond donors (Lipinski definition) is 2. The Kier molecular flexibility index (Phi) is 10.2. The average Bonchev–Trinajstić information content (AvgIpc) is 3.46. The van der Waals surface area contributed by atoms with Gasteiger partial charge in [0.25, 0.3) is 5.56 Å². The van der Waals surface area contributed by atoms with Gasteiger partial charge in [-0.2, -0.15) is 4.98 Å². The van der Waals surface area contributed by atoms with Crippen molar-refractivity contribution in [3.8, 4) is 22.6 Å². The molecule has 0 fully saturated rings. The quantitative estimate of drug-likeness (QED) is 0.0847. The molecule has 4 aromatic heterocycles. The fourth-order valence-electron chi connectivity index (χ4n) is 5.22. The molecule has 0 bridgehead atoms. The number of halogens is 2. The molecule has 0 radical (unpaired) electrons. The Labute approximate surface area is 302 Å². The van der Waals surface area contributed by atoms with Crippen LogP contribution in [0.5, 0.6) is 11.5 Å². The zero-order valence-electron chi connectivity index (χ0n) is 27.6. The van der Waals surface area contributed by atoms with Crippen molar-refractivity contribution in [2.45, 2.75) is 38.7 Å². The molecule has 0 saturated heterocycles. The van der Waals surface area contributed by atoms with E-state index in [-0.39, 0.29) is 47.3 Å². The Bertz CT molecular complexity index is 2410. The first-order valence-electron chi connectivity index (χ1n) is 15.6. The monoisotopic (exact) mass is 750 g/mol. The van der Waals surface area contributed by atoms with Gasteiger partial charge in [-0.3, -0.25) is 9.78 Å². The zero-order valence-corrected chi connectivity index (χ0v) is 30.0. The number of aromatic nitrogens is 5. The van der Waals surface area contributed by atoms with Gasteiger partial charge < -0.3 is 24.5 Å². The molecule has 4 heterocycles. The van der Waals surface area contributed by atoms with E-state index in [0.717, 1.165) is 3.97 Å². The fraction of sp³-hybridized carbons (Fsp3) is 0.229. The third-order valence-corrected chi connectivity index (χ3v) is 9.39. The molecule has 13 nitrogen and oxygen atoms in total. The highest BCUT2D eigenvalue weighted by Crippen LogP contribution is 2.37. The molecule has 1 amide bonds. The second-order valence-electron chi connectivity index (χ2n) is 12.4. The van der Waals surface area contributed by atoms with Crippen LogP contribution in [-0.2, 0) is 27.1 Å². The number of fused-ring (bicyclic) bond motifs is 2. The second kappa shape index (κ2) is 14.6. The number of pyridine rings is 2. The fourth-order valence-corrected chi connectivity index (χ4v) is 7.11. The largest absolute Gasteiger partial charge is 0.488 e. The second-order valence-corrected chi connectivity index (χ2v) is 15.0. The molecule has 0 unspecified atom stereocenters. The van der Waals surface area contributed by atoms with E-state index in [1.54, 1.807) is 87.6 Å². The molecule has 6 rings (SSSR count). The summed E-state index contributed by atoms with van der Waals surface area (Å²) >= 11 is 12.6. The van der Waals surface area contributed by atoms with Crippen molar-refractivity contribution < 1.29 is 27.4 Å². The van der Waals surface area contributed by atoms with E-state index < -0.39 is 27.3 Å². The van der Waals surface area contributed by atoms with Gasteiger partial charge in [-0.15, -0.1) is 0 Å². The number of benzene rings is 2. The topological polar surface area (TPSA) is 167 Å². The van der Waals surface area contributed by atoms with E-state index in [4.69, 9.17) is 37.4 Å². The van der Waals surface area contributed by atoms with E-state index in [2.05, 4.69) is 25.3 Å². The maximum atomic E-state index is 13.6. The van der Waals surface area contributed by atoms with E-state index in [0.29, 0.717) is 44.3 Å². The number of amides is 1. The third kappa shape index (κ3) is 8.59. The van der Waals surface area contributed by atoms with Gasteiger partial charge in [0.05, 0.1) is 17.3 Å². The minimum atomic E-state index is -3.96. The SMILES string of the molecule is CC(C)(C)OC(=O)NCc1cncc(OCCOc2cc3cc(-c4cn(S(=O)(=O)Cc5ccccc5)c5nc(Cl)nc(Cl)c45)ccc3[nH]c2=O)c1. The predicted molar refractivity (Wildman–Crippen MR) is 194 cm³/mol. The molecule has 6 aromatic rings. The Morgan fingerprint density at radius 1 is 0.961 bits per heavy atom. The van der Waals surface area contributed by atoms with Crippen LogP contribution in [-0.4, -0.2) is 57.2 Å². The lowest BCUT2D eigenvalue weighted by Gasteiger charge is -2.19. The number of ether oxygens (including phenoxy) is 3. The van der Waals surface area contributed by atoms with Gasteiger partial charge in [-0.1, -0.05) is 48.0 Å². The minimum absolute atomic E-state index is 0.0145. The summed E-state index contributed by atoms with van der Waals surface area (Å²) in [6, 6.07) is 17.3. The summed E-state index contributed by atoms with van der Waals surface area (Å²) in [5.41, 5.74) is 1.84. The Balaban J connectivity index is 1.20. The summed E-state index contributed by atoms with van der Waals surface area (Å²) in [5, 5.41) is 3.36. The number of alkyl carbamates (subject to hydrolysis) is 1. The maximum absolute atomic E-state index is 13.6. The molecule has 0 spiro atoms. The van der Waals surface area contributed by atoms with E-state index in [1.807, 2.05) is 0 Å². The molecule has 2 aromatic carbocycles. The van der Waals surface area contributed by atoms with Gasteiger partial charge in [0, 0.05) is 35.4 Å². The first-order valence-corrected chi connectivity index (χ1v) is 18.0. The highest BCUT2D eigenvalue weighted by molar-refractivity contribution is 7.89. The van der Waals surface area contributed by atoms with Crippen LogP contribution in [0.4, 0.5) is 4.79 Å². The first kappa shape index (κ1) is 35.6. The van der Waals surface area contributed by atoms with Gasteiger partial charge in [0.1, 0.15) is 29.7 Å². The molecule has 51 heavy (non-hydrogen) atoms. The van der Waals surface area contributed by atoms with Crippen molar-refractivity contribution in [2.24, 2.45) is 0 Å². The van der Waals surface area contributed by atoms with Crippen molar-refractivity contribution in [3.63, 3.8) is 0 Å². The van der Waals surface area contributed by atoms with Gasteiger partial charge >= 0.3 is 6.09 Å². The summed E-state index contributed by atoms with van der Waals surface area (Å²) in [6.45, 7) is 5.67. The summed E-state index contributed by atoms with van der Waals surface area (Å²) < 4.78 is 45.1. The molecule has 0 aliphatic rings. The molecule has 16 heteroatoms. The zero-order chi connectivity index (χ0) is 36.3. The van der Waals surface area contributed by atoms with Gasteiger partial charge in [-0.25, -0.2) is 22.2 Å². The van der Waals surface area contributed by atoms with Crippen LogP contribution < -0.4 is 20.3 Å². The van der Waals surface area contributed by atoms with Crippen molar-refractivity contribution >= 4 is 61.3 Å². The highest BCUT2D eigenvalue weighted by Gasteiger charge is 2.25. The van der Waals surface area contributed by atoms with Crippen molar-refractivity contribution in [3.05, 3.63) is 111 Å². The number of nitrogens with zero attached hydrogens (tertiary/aromatic N) is 4. The summed E-state index contributed by atoms with van der Waals surface area (Å²) in [4.78, 5) is 40.0. The van der Waals surface area contributed by atoms with E-state index >= 15 is 0 Å². The summed E-state index contributed by atoms with van der Waals surface area (Å²) in [7, 11) is -3.96. The standard InChI is InChI=1S/C35H32Cl2N6O7S/c1-35(2,3)50-34(45)39-17-22-13-25(18-38-16-22)48-11-12-49-28-15-24-14-23(9-10-27(24)40-32(28)44)26-19-43(31-29(26)30(36)41-33(37)42-31)51(46,47)20-21-7-5-4-6-8-21/h4-10,13-16,18-19H,11-12,17,20H2,1-3H3,(H,39,45)(H,40,44). The van der Waals surface area contributed by atoms with Gasteiger partial charge in [-0.05, 0) is 73.3 Å². The number of rotatable bonds is 11. The van der Waals surface area contributed by atoms with Crippen LogP contribution in [0, 0.1) is 0 Å². The van der Waals surface area contributed by atoms with E-state index in [1.165, 1.54) is 12.4 Å². The normalized spacial score (nSPS) is 11.9. The number of carbonyl (C=O) groups excluding carboxylic acids is 1. The number of hydrogen-bond acceptors (Lipinski definition) is 10. The van der Waals surface area contributed by atoms with Crippen molar-refractivity contribution in [2.75, 3.05) is 13.2 Å². The summed E-state index contributed by atoms with van der Waals surface area (Å²) in [5.74, 6) is 0.221. The van der Waals surface area contributed by atoms with Crippen LogP contribution >= 0.6 is 23.2 Å². The number of H-pyrrole nitrogens is 1. The number of carbonyl (C=O) groups is 1. The van der Waals surface area contributed by atoms with Crippen LogP contribution in [0.2, 0.25) is 10.4 Å². The third-order valence-electron chi connectivity index (χ3n) is 7.37. The average molecular weight is 752 g/mol. The van der Waals surface area contributed by atoms with Crippen LogP contribution in [0.3, 0.4) is 0 Å². The number of aromatic amines is 1. The lowest BCUT2D eigenvalue weighted by molar-refractivity contribution is 0.0523. The molecule has 0 aliphatic carbocycles. The van der Waals surface area contributed by atoms with Gasteiger partial charge in [0.2, 0.25) is 15.3 Å². The van der Waals surface area contributed by atoms with Crippen LogP contribution in [0.15, 0.2) is 84.0 Å². The molecular formula is C35H32Cl2N6O7S. The Morgan fingerprint density at radius 3 is 2.49 bits per heavy atom. The van der Waals surface area contributed by atoms with Crippen LogP contribution in [0.1, 0.15) is 31.9 Å². The molecule has 0 aliphatic heterocycles. The Morgan fingerprint density at radius 2 is 1.73 bits per heavy atom. The molecule has 0 saturated carbocycles. The van der Waals surface area contributed by atoms with E-state index in [9.17, 15) is 18.0 Å². The van der Waals surface area contributed by atoms with Crippen molar-refractivity contribution in [1.29, 1.82) is 0 Å². The predicted octanol–water partition coefficient (Wildman–Crippen LogP) is 6.50. The highest BCUT2D eigenvalue weighted by atomic mass is 35.5. The number of nitrogens with one attached hydrogen (secondary N) is 2.